The van der Waals surface area contributed by atoms with Crippen molar-refractivity contribution in [1.82, 2.24) is 4.57 Å². The van der Waals surface area contributed by atoms with Gasteiger partial charge in [-0.25, -0.2) is 4.79 Å². The molecule has 2 aromatic carbocycles. The number of hydrogen-bond acceptors (Lipinski definition) is 8. The molecule has 0 radical (unpaired) electrons. The Morgan fingerprint density at radius 1 is 1.21 bits per heavy atom. The van der Waals surface area contributed by atoms with Crippen molar-refractivity contribution >= 4 is 33.2 Å². The third kappa shape index (κ3) is 7.13. The molecule has 1 atom stereocenters. The van der Waals surface area contributed by atoms with Gasteiger partial charge in [0.2, 0.25) is 0 Å². The normalized spacial score (nSPS) is 15.0. The van der Waals surface area contributed by atoms with Crippen LogP contribution in [0.4, 0.5) is 13.2 Å². The molecule has 4 rings (SSSR count). The Hall–Kier alpha value is -3.38. The third-order valence-electron chi connectivity index (χ3n) is 5.96. The number of carbonyl (C=O) groups excluding carboxylic acids is 1. The highest BCUT2D eigenvalue weighted by Crippen LogP contribution is 2.34. The molecule has 3 aromatic rings. The zero-order valence-corrected chi connectivity index (χ0v) is 21.4. The van der Waals surface area contributed by atoms with Crippen molar-refractivity contribution in [2.24, 2.45) is 11.1 Å². The minimum Gasteiger partial charge on any atom is -0.492 e. The van der Waals surface area contributed by atoms with Gasteiger partial charge in [-0.05, 0) is 49.6 Å². The number of thiazole rings is 1. The third-order valence-corrected chi connectivity index (χ3v) is 6.90. The summed E-state index contributed by atoms with van der Waals surface area (Å²) in [6.07, 6.45) is -4.05. The lowest BCUT2D eigenvalue weighted by Crippen LogP contribution is -2.32. The Kier molecular flexibility index (Phi) is 8.72. The standard InChI is InChI=1S/C26H27F3N2O6S/c1-2-35-24(32)21(37-15-26(27,28)29)13-16-3-8-19(9-4-16)36-12-11-31-20-10-7-18(14-22(20)38-25(31)33)23(30-34)17-5-6-17/h3-4,7-10,14,17,21,34H,2,5-6,11-13,15H2,1H3. The second kappa shape index (κ2) is 12.0. The lowest BCUT2D eigenvalue weighted by molar-refractivity contribution is -0.194. The summed E-state index contributed by atoms with van der Waals surface area (Å²) in [5.74, 6) is -0.0923. The van der Waals surface area contributed by atoms with Gasteiger partial charge in [-0.2, -0.15) is 13.2 Å². The molecule has 0 aliphatic heterocycles. The van der Waals surface area contributed by atoms with Crippen LogP contribution in [0.15, 0.2) is 52.4 Å². The molecule has 0 amide bonds. The van der Waals surface area contributed by atoms with Crippen LogP contribution in [-0.4, -0.2) is 53.6 Å². The molecule has 12 heteroatoms. The molecule has 1 aliphatic carbocycles. The Labute approximate surface area is 220 Å². The highest BCUT2D eigenvalue weighted by atomic mass is 32.1. The van der Waals surface area contributed by atoms with Crippen LogP contribution in [0.2, 0.25) is 0 Å². The molecular formula is C26H27F3N2O6S. The molecule has 1 heterocycles. The summed E-state index contributed by atoms with van der Waals surface area (Å²) in [4.78, 5) is 24.5. The van der Waals surface area contributed by atoms with Gasteiger partial charge in [-0.3, -0.25) is 9.36 Å². The number of fused-ring (bicyclic) bond motifs is 1. The van der Waals surface area contributed by atoms with Crippen LogP contribution in [0.3, 0.4) is 0 Å². The number of alkyl halides is 3. The van der Waals surface area contributed by atoms with E-state index in [1.165, 1.54) is 0 Å². The number of carbonyl (C=O) groups is 1. The smallest absolute Gasteiger partial charge is 0.411 e. The number of hydrogen-bond donors (Lipinski definition) is 1. The number of benzene rings is 2. The van der Waals surface area contributed by atoms with Gasteiger partial charge in [0.1, 0.15) is 19.0 Å². The van der Waals surface area contributed by atoms with Crippen molar-refractivity contribution in [1.29, 1.82) is 0 Å². The minimum absolute atomic E-state index is 0.0274. The van der Waals surface area contributed by atoms with Crippen molar-refractivity contribution in [2.75, 3.05) is 19.8 Å². The van der Waals surface area contributed by atoms with Gasteiger partial charge in [0.25, 0.3) is 0 Å². The first-order valence-electron chi connectivity index (χ1n) is 12.1. The molecule has 0 bridgehead atoms. The average Bonchev–Trinajstić information content (AvgIpc) is 3.66. The molecule has 0 saturated heterocycles. The fourth-order valence-corrected chi connectivity index (χ4v) is 4.96. The topological polar surface area (TPSA) is 99.4 Å². The summed E-state index contributed by atoms with van der Waals surface area (Å²) >= 11 is 1.11. The zero-order valence-electron chi connectivity index (χ0n) is 20.6. The van der Waals surface area contributed by atoms with Gasteiger partial charge >= 0.3 is 17.0 Å². The Morgan fingerprint density at radius 2 is 1.95 bits per heavy atom. The highest BCUT2D eigenvalue weighted by Gasteiger charge is 2.32. The van der Waals surface area contributed by atoms with E-state index in [1.54, 1.807) is 35.8 Å². The molecule has 8 nitrogen and oxygen atoms in total. The highest BCUT2D eigenvalue weighted by molar-refractivity contribution is 7.16. The summed E-state index contributed by atoms with van der Waals surface area (Å²) < 4.78 is 55.4. The van der Waals surface area contributed by atoms with Crippen LogP contribution in [0.1, 0.15) is 30.9 Å². The Bertz CT molecular complexity index is 1350. The lowest BCUT2D eigenvalue weighted by Gasteiger charge is -2.18. The lowest BCUT2D eigenvalue weighted by atomic mass is 10.1. The maximum atomic E-state index is 12.6. The number of rotatable bonds is 12. The first-order valence-corrected chi connectivity index (χ1v) is 12.9. The monoisotopic (exact) mass is 552 g/mol. The SMILES string of the molecule is CCOC(=O)C(Cc1ccc(OCCn2c(=O)sc3cc(C(=NO)C4CC4)ccc32)cc1)OCC(F)(F)F. The first-order chi connectivity index (χ1) is 18.2. The van der Waals surface area contributed by atoms with Crippen LogP contribution in [-0.2, 0) is 27.2 Å². The van der Waals surface area contributed by atoms with Crippen LogP contribution in [0.25, 0.3) is 10.2 Å². The maximum absolute atomic E-state index is 12.6. The number of nitrogens with zero attached hydrogens (tertiary/aromatic N) is 2. The fraction of sp³-hybridized carbons (Fsp3) is 0.423. The maximum Gasteiger partial charge on any atom is 0.411 e. The van der Waals surface area contributed by atoms with Crippen molar-refractivity contribution in [3.63, 3.8) is 0 Å². The predicted octanol–water partition coefficient (Wildman–Crippen LogP) is 4.78. The summed E-state index contributed by atoms with van der Waals surface area (Å²) in [5.41, 5.74) is 2.79. The van der Waals surface area contributed by atoms with E-state index >= 15 is 0 Å². The van der Waals surface area contributed by atoms with Crippen LogP contribution >= 0.6 is 11.3 Å². The van der Waals surface area contributed by atoms with Crippen molar-refractivity contribution in [3.05, 3.63) is 63.3 Å². The molecule has 1 unspecified atom stereocenters. The van der Waals surface area contributed by atoms with Gasteiger partial charge < -0.3 is 19.4 Å². The zero-order chi connectivity index (χ0) is 27.3. The first kappa shape index (κ1) is 27.6. The fourth-order valence-electron chi connectivity index (χ4n) is 4.00. The Balaban J connectivity index is 1.35. The van der Waals surface area contributed by atoms with Crippen LogP contribution < -0.4 is 9.61 Å². The van der Waals surface area contributed by atoms with Gasteiger partial charge in [-0.1, -0.05) is 34.7 Å². The quantitative estimate of drug-likeness (QED) is 0.150. The summed E-state index contributed by atoms with van der Waals surface area (Å²) in [5, 5.41) is 12.8. The van der Waals surface area contributed by atoms with E-state index in [0.717, 1.165) is 40.0 Å². The molecule has 1 fully saturated rings. The molecular weight excluding hydrogens is 525 g/mol. The van der Waals surface area contributed by atoms with E-state index in [0.29, 0.717) is 23.6 Å². The second-order valence-corrected chi connectivity index (χ2v) is 9.82. The number of aromatic nitrogens is 1. The van der Waals surface area contributed by atoms with Crippen LogP contribution in [0, 0.1) is 5.92 Å². The summed E-state index contributed by atoms with van der Waals surface area (Å²) in [6.45, 7) is 0.552. The number of oxime groups is 1. The van der Waals surface area contributed by atoms with Crippen molar-refractivity contribution in [3.8, 4) is 5.75 Å². The summed E-state index contributed by atoms with van der Waals surface area (Å²) in [6, 6.07) is 12.1. The van der Waals surface area contributed by atoms with E-state index in [-0.39, 0.29) is 30.4 Å². The van der Waals surface area contributed by atoms with E-state index in [1.807, 2.05) is 18.2 Å². The van der Waals surface area contributed by atoms with E-state index in [9.17, 15) is 28.0 Å². The predicted molar refractivity (Wildman–Crippen MR) is 135 cm³/mol. The largest absolute Gasteiger partial charge is 0.492 e. The number of ether oxygens (including phenoxy) is 3. The van der Waals surface area contributed by atoms with Crippen molar-refractivity contribution < 1.29 is 37.4 Å². The van der Waals surface area contributed by atoms with Crippen molar-refractivity contribution in [2.45, 2.75) is 45.0 Å². The van der Waals surface area contributed by atoms with E-state index in [2.05, 4.69) is 5.16 Å². The van der Waals surface area contributed by atoms with Crippen LogP contribution in [0.5, 0.6) is 5.75 Å². The van der Waals surface area contributed by atoms with E-state index < -0.39 is 24.9 Å². The molecule has 1 aromatic heterocycles. The number of halogens is 3. The van der Waals surface area contributed by atoms with Gasteiger partial charge in [0, 0.05) is 17.9 Å². The van der Waals surface area contributed by atoms with E-state index in [4.69, 9.17) is 14.2 Å². The molecule has 1 aliphatic rings. The van der Waals surface area contributed by atoms with Gasteiger partial charge in [-0.15, -0.1) is 0 Å². The molecule has 38 heavy (non-hydrogen) atoms. The van der Waals surface area contributed by atoms with Gasteiger partial charge in [0.15, 0.2) is 6.10 Å². The second-order valence-electron chi connectivity index (χ2n) is 8.83. The average molecular weight is 553 g/mol. The number of esters is 1. The molecule has 1 N–H and O–H groups in total. The minimum atomic E-state index is -4.56. The van der Waals surface area contributed by atoms with Gasteiger partial charge in [0.05, 0.1) is 29.1 Å². The Morgan fingerprint density at radius 3 is 2.58 bits per heavy atom. The molecule has 1 saturated carbocycles. The molecule has 0 spiro atoms. The molecule has 204 valence electrons. The summed E-state index contributed by atoms with van der Waals surface area (Å²) in [7, 11) is 0.